The fraction of sp³-hybridized carbons (Fsp3) is 0.333. The van der Waals surface area contributed by atoms with Gasteiger partial charge < -0.3 is 0 Å². The average molecular weight is 263 g/mol. The lowest BCUT2D eigenvalue weighted by atomic mass is 10.0. The third-order valence-electron chi connectivity index (χ3n) is 2.59. The lowest BCUT2D eigenvalue weighted by molar-refractivity contribution is 0.495. The Bertz CT molecular complexity index is 625. The van der Waals surface area contributed by atoms with E-state index in [9.17, 15) is 8.42 Å². The van der Waals surface area contributed by atoms with Crippen LogP contribution in [0.3, 0.4) is 0 Å². The molecule has 6 heteroatoms. The SMILES string of the molecule is CCC(C)(C#N)NS(=O)(=O)c1cccc(C#N)c1. The van der Waals surface area contributed by atoms with Crippen LogP contribution in [0.2, 0.25) is 0 Å². The zero-order valence-electron chi connectivity index (χ0n) is 10.1. The van der Waals surface area contributed by atoms with E-state index in [1.165, 1.54) is 31.2 Å². The van der Waals surface area contributed by atoms with Crippen molar-refractivity contribution in [2.75, 3.05) is 0 Å². The summed E-state index contributed by atoms with van der Waals surface area (Å²) in [7, 11) is -3.80. The normalized spacial score (nSPS) is 14.2. The monoisotopic (exact) mass is 263 g/mol. The fourth-order valence-corrected chi connectivity index (χ4v) is 2.70. The third kappa shape index (κ3) is 3.07. The minimum Gasteiger partial charge on any atom is -0.207 e. The molecule has 0 aliphatic carbocycles. The predicted molar refractivity (Wildman–Crippen MR) is 65.8 cm³/mol. The Hall–Kier alpha value is -1.89. The summed E-state index contributed by atoms with van der Waals surface area (Å²) < 4.78 is 26.5. The van der Waals surface area contributed by atoms with Crippen molar-refractivity contribution in [2.24, 2.45) is 0 Å². The number of nitrogens with zero attached hydrogens (tertiary/aromatic N) is 2. The summed E-state index contributed by atoms with van der Waals surface area (Å²) in [6, 6.07) is 9.46. The first-order valence-electron chi connectivity index (χ1n) is 5.32. The molecule has 94 valence electrons. The molecular weight excluding hydrogens is 250 g/mol. The summed E-state index contributed by atoms with van der Waals surface area (Å²) >= 11 is 0. The Labute approximate surface area is 107 Å². The van der Waals surface area contributed by atoms with E-state index in [1.54, 1.807) is 6.92 Å². The molecule has 0 saturated heterocycles. The molecule has 1 aromatic rings. The van der Waals surface area contributed by atoms with Gasteiger partial charge in [0.25, 0.3) is 0 Å². The topological polar surface area (TPSA) is 93.8 Å². The summed E-state index contributed by atoms with van der Waals surface area (Å²) in [6.45, 7) is 3.23. The van der Waals surface area contributed by atoms with Crippen molar-refractivity contribution in [2.45, 2.75) is 30.7 Å². The van der Waals surface area contributed by atoms with Crippen LogP contribution < -0.4 is 4.72 Å². The molecule has 1 N–H and O–H groups in total. The van der Waals surface area contributed by atoms with Gasteiger partial charge in [-0.3, -0.25) is 0 Å². The van der Waals surface area contributed by atoms with Crippen LogP contribution in [0.15, 0.2) is 29.2 Å². The third-order valence-corrected chi connectivity index (χ3v) is 4.18. The summed E-state index contributed by atoms with van der Waals surface area (Å²) in [5.74, 6) is 0. The van der Waals surface area contributed by atoms with Gasteiger partial charge in [0.2, 0.25) is 10.0 Å². The van der Waals surface area contributed by atoms with Gasteiger partial charge in [-0.2, -0.15) is 15.2 Å². The lowest BCUT2D eigenvalue weighted by Crippen LogP contribution is -2.44. The molecular formula is C12H13N3O2S. The Morgan fingerprint density at radius 2 is 2.06 bits per heavy atom. The summed E-state index contributed by atoms with van der Waals surface area (Å²) in [5, 5.41) is 17.7. The predicted octanol–water partition coefficient (Wildman–Crippen LogP) is 1.53. The Morgan fingerprint density at radius 1 is 1.39 bits per heavy atom. The van der Waals surface area contributed by atoms with Gasteiger partial charge in [0.15, 0.2) is 0 Å². The molecule has 0 aliphatic heterocycles. The van der Waals surface area contributed by atoms with E-state index in [1.807, 2.05) is 12.1 Å². The molecule has 0 heterocycles. The highest BCUT2D eigenvalue weighted by molar-refractivity contribution is 7.89. The molecule has 1 rings (SSSR count). The molecule has 0 aromatic heterocycles. The Kier molecular flexibility index (Phi) is 4.07. The van der Waals surface area contributed by atoms with Gasteiger partial charge in [0, 0.05) is 0 Å². The molecule has 0 fully saturated rings. The number of rotatable bonds is 4. The minimum absolute atomic E-state index is 0.0172. The zero-order chi connectivity index (χ0) is 13.8. The molecule has 1 atom stereocenters. The quantitative estimate of drug-likeness (QED) is 0.891. The first kappa shape index (κ1) is 14.2. The molecule has 0 saturated carbocycles. The molecule has 0 radical (unpaired) electrons. The van der Waals surface area contributed by atoms with Crippen molar-refractivity contribution in [3.05, 3.63) is 29.8 Å². The second-order valence-corrected chi connectivity index (χ2v) is 5.72. The van der Waals surface area contributed by atoms with Crippen molar-refractivity contribution in [1.82, 2.24) is 4.72 Å². The maximum atomic E-state index is 12.1. The van der Waals surface area contributed by atoms with Crippen molar-refractivity contribution < 1.29 is 8.42 Å². The average Bonchev–Trinajstić information content (AvgIpc) is 2.38. The molecule has 0 aliphatic rings. The van der Waals surface area contributed by atoms with Crippen LogP contribution in [0, 0.1) is 22.7 Å². The fourth-order valence-electron chi connectivity index (χ4n) is 1.26. The summed E-state index contributed by atoms with van der Waals surface area (Å²) in [5.41, 5.74) is -0.894. The molecule has 5 nitrogen and oxygen atoms in total. The van der Waals surface area contributed by atoms with E-state index in [2.05, 4.69) is 4.72 Å². The van der Waals surface area contributed by atoms with Crippen molar-refractivity contribution in [1.29, 1.82) is 10.5 Å². The van der Waals surface area contributed by atoms with Crippen LogP contribution in [0.5, 0.6) is 0 Å². The number of nitrogens with one attached hydrogen (secondary N) is 1. The number of nitriles is 2. The molecule has 1 unspecified atom stereocenters. The van der Waals surface area contributed by atoms with E-state index in [-0.39, 0.29) is 10.5 Å². The van der Waals surface area contributed by atoms with Crippen molar-refractivity contribution in [3.63, 3.8) is 0 Å². The van der Waals surface area contributed by atoms with Gasteiger partial charge in [-0.15, -0.1) is 0 Å². The lowest BCUT2D eigenvalue weighted by Gasteiger charge is -2.21. The summed E-state index contributed by atoms with van der Waals surface area (Å²) in [4.78, 5) is -0.0172. The van der Waals surface area contributed by atoms with Gasteiger partial charge >= 0.3 is 0 Å². The standard InChI is InChI=1S/C12H13N3O2S/c1-3-12(2,9-14)15-18(16,17)11-6-4-5-10(7-11)8-13/h4-7,15H,3H2,1-2H3. The number of sulfonamides is 1. The van der Waals surface area contributed by atoms with Gasteiger partial charge in [-0.25, -0.2) is 8.42 Å². The number of benzene rings is 1. The molecule has 18 heavy (non-hydrogen) atoms. The van der Waals surface area contributed by atoms with Crippen LogP contribution >= 0.6 is 0 Å². The second kappa shape index (κ2) is 5.18. The minimum atomic E-state index is -3.80. The van der Waals surface area contributed by atoms with Gasteiger partial charge in [-0.1, -0.05) is 13.0 Å². The van der Waals surface area contributed by atoms with Crippen molar-refractivity contribution in [3.8, 4) is 12.1 Å². The Morgan fingerprint density at radius 3 is 2.56 bits per heavy atom. The highest BCUT2D eigenvalue weighted by Crippen LogP contribution is 2.16. The number of hydrogen-bond donors (Lipinski definition) is 1. The van der Waals surface area contributed by atoms with E-state index in [0.717, 1.165) is 0 Å². The first-order valence-corrected chi connectivity index (χ1v) is 6.80. The summed E-state index contributed by atoms with van der Waals surface area (Å²) in [6.07, 6.45) is 0.348. The number of hydrogen-bond acceptors (Lipinski definition) is 4. The largest absolute Gasteiger partial charge is 0.241 e. The second-order valence-electron chi connectivity index (χ2n) is 4.04. The van der Waals surface area contributed by atoms with Crippen LogP contribution in [0.25, 0.3) is 0 Å². The van der Waals surface area contributed by atoms with Crippen LogP contribution in [0.4, 0.5) is 0 Å². The smallest absolute Gasteiger partial charge is 0.207 e. The first-order chi connectivity index (χ1) is 8.37. The van der Waals surface area contributed by atoms with Gasteiger partial charge in [0.05, 0.1) is 22.6 Å². The van der Waals surface area contributed by atoms with E-state index < -0.39 is 15.6 Å². The van der Waals surface area contributed by atoms with Crippen LogP contribution in [-0.4, -0.2) is 14.0 Å². The molecule has 0 bridgehead atoms. The van der Waals surface area contributed by atoms with Crippen LogP contribution in [-0.2, 0) is 10.0 Å². The van der Waals surface area contributed by atoms with Gasteiger partial charge in [-0.05, 0) is 31.5 Å². The zero-order valence-corrected chi connectivity index (χ0v) is 11.0. The highest BCUT2D eigenvalue weighted by atomic mass is 32.2. The molecule has 1 aromatic carbocycles. The van der Waals surface area contributed by atoms with E-state index in [4.69, 9.17) is 10.5 Å². The van der Waals surface area contributed by atoms with E-state index >= 15 is 0 Å². The highest BCUT2D eigenvalue weighted by Gasteiger charge is 2.28. The maximum Gasteiger partial charge on any atom is 0.241 e. The molecule has 0 spiro atoms. The maximum absolute atomic E-state index is 12.1. The molecule has 0 amide bonds. The van der Waals surface area contributed by atoms with Crippen LogP contribution in [0.1, 0.15) is 25.8 Å². The van der Waals surface area contributed by atoms with E-state index in [0.29, 0.717) is 6.42 Å². The van der Waals surface area contributed by atoms with Crippen molar-refractivity contribution >= 4 is 10.0 Å². The Balaban J connectivity index is 3.16. The van der Waals surface area contributed by atoms with Gasteiger partial charge in [0.1, 0.15) is 5.54 Å².